The number of amides is 1. The van der Waals surface area contributed by atoms with Gasteiger partial charge in [-0.1, -0.05) is 24.3 Å². The van der Waals surface area contributed by atoms with Crippen molar-refractivity contribution in [3.63, 3.8) is 0 Å². The Hall–Kier alpha value is -2.54. The van der Waals surface area contributed by atoms with Crippen LogP contribution < -0.4 is 15.4 Å². The predicted octanol–water partition coefficient (Wildman–Crippen LogP) is 2.46. The Bertz CT molecular complexity index is 847. The minimum atomic E-state index is -3.43. The van der Waals surface area contributed by atoms with Gasteiger partial charge in [-0.3, -0.25) is 4.79 Å². The quantitative estimate of drug-likeness (QED) is 0.838. The van der Waals surface area contributed by atoms with Crippen LogP contribution in [0.5, 0.6) is 5.75 Å². The lowest BCUT2D eigenvalue weighted by atomic mass is 10.2. The Morgan fingerprint density at radius 2 is 1.75 bits per heavy atom. The number of methoxy groups -OCH3 is 1. The number of carbonyl (C=O) groups excluding carboxylic acids is 1. The SMILES string of the molecule is COc1c(NCC(=O)Nc2ccccc2C)cccc1S(C)(=O)=O. The number of para-hydroxylation sites is 2. The van der Waals surface area contributed by atoms with Crippen LogP contribution >= 0.6 is 0 Å². The van der Waals surface area contributed by atoms with Gasteiger partial charge < -0.3 is 15.4 Å². The Morgan fingerprint density at radius 3 is 2.38 bits per heavy atom. The van der Waals surface area contributed by atoms with Crippen LogP contribution in [-0.2, 0) is 14.6 Å². The van der Waals surface area contributed by atoms with Crippen molar-refractivity contribution in [1.29, 1.82) is 0 Å². The number of benzene rings is 2. The second-order valence-corrected chi connectivity index (χ2v) is 7.31. The van der Waals surface area contributed by atoms with E-state index in [1.54, 1.807) is 12.1 Å². The number of carbonyl (C=O) groups is 1. The third-order valence-corrected chi connectivity index (χ3v) is 4.56. The van der Waals surface area contributed by atoms with Crippen LogP contribution in [-0.4, -0.2) is 34.2 Å². The summed E-state index contributed by atoms with van der Waals surface area (Å²) in [5.41, 5.74) is 2.14. The first-order valence-electron chi connectivity index (χ1n) is 7.29. The van der Waals surface area contributed by atoms with E-state index in [-0.39, 0.29) is 23.1 Å². The minimum Gasteiger partial charge on any atom is -0.493 e. The fraction of sp³-hybridized carbons (Fsp3) is 0.235. The zero-order chi connectivity index (χ0) is 17.7. The summed E-state index contributed by atoms with van der Waals surface area (Å²) in [4.78, 5) is 12.2. The van der Waals surface area contributed by atoms with E-state index < -0.39 is 9.84 Å². The van der Waals surface area contributed by atoms with Crippen LogP contribution in [0.15, 0.2) is 47.4 Å². The van der Waals surface area contributed by atoms with Crippen molar-refractivity contribution in [2.45, 2.75) is 11.8 Å². The molecule has 0 aliphatic carbocycles. The summed E-state index contributed by atoms with van der Waals surface area (Å²) in [6, 6.07) is 12.2. The molecule has 0 spiro atoms. The predicted molar refractivity (Wildman–Crippen MR) is 94.4 cm³/mol. The summed E-state index contributed by atoms with van der Waals surface area (Å²) >= 11 is 0. The molecule has 0 saturated carbocycles. The van der Waals surface area contributed by atoms with E-state index in [0.717, 1.165) is 17.5 Å². The highest BCUT2D eigenvalue weighted by Crippen LogP contribution is 2.31. The van der Waals surface area contributed by atoms with E-state index in [9.17, 15) is 13.2 Å². The number of sulfone groups is 1. The maximum atomic E-state index is 12.1. The van der Waals surface area contributed by atoms with E-state index in [2.05, 4.69) is 10.6 Å². The molecular formula is C17H20N2O4S. The van der Waals surface area contributed by atoms with Gasteiger partial charge in [0, 0.05) is 11.9 Å². The Balaban J connectivity index is 2.12. The van der Waals surface area contributed by atoms with Crippen molar-refractivity contribution in [1.82, 2.24) is 0 Å². The van der Waals surface area contributed by atoms with Gasteiger partial charge in [-0.05, 0) is 30.7 Å². The zero-order valence-corrected chi connectivity index (χ0v) is 14.6. The van der Waals surface area contributed by atoms with Crippen LogP contribution in [0.4, 0.5) is 11.4 Å². The lowest BCUT2D eigenvalue weighted by Crippen LogP contribution is -2.22. The lowest BCUT2D eigenvalue weighted by molar-refractivity contribution is -0.114. The Morgan fingerprint density at radius 1 is 1.08 bits per heavy atom. The number of hydrogen-bond donors (Lipinski definition) is 2. The van der Waals surface area contributed by atoms with Crippen LogP contribution in [0.1, 0.15) is 5.56 Å². The molecule has 0 aliphatic heterocycles. The molecule has 2 aromatic rings. The molecule has 7 heteroatoms. The normalized spacial score (nSPS) is 11.0. The molecule has 0 unspecified atom stereocenters. The molecule has 0 heterocycles. The zero-order valence-electron chi connectivity index (χ0n) is 13.8. The Kier molecular flexibility index (Phi) is 5.46. The molecular weight excluding hydrogens is 328 g/mol. The first kappa shape index (κ1) is 17.8. The van der Waals surface area contributed by atoms with Crippen molar-refractivity contribution < 1.29 is 17.9 Å². The third kappa shape index (κ3) is 4.26. The number of aryl methyl sites for hydroxylation is 1. The molecule has 2 aromatic carbocycles. The second kappa shape index (κ2) is 7.35. The molecule has 128 valence electrons. The standard InChI is InChI=1S/C17H20N2O4S/c1-12-7-4-5-8-13(12)19-16(20)11-18-14-9-6-10-15(17(14)23-2)24(3,21)22/h4-10,18H,11H2,1-3H3,(H,19,20). The summed E-state index contributed by atoms with van der Waals surface area (Å²) in [6.45, 7) is 1.89. The molecule has 0 radical (unpaired) electrons. The van der Waals surface area contributed by atoms with Crippen LogP contribution in [0.3, 0.4) is 0 Å². The summed E-state index contributed by atoms with van der Waals surface area (Å²) in [5.74, 6) is -0.0418. The van der Waals surface area contributed by atoms with E-state index in [0.29, 0.717) is 5.69 Å². The molecule has 1 amide bonds. The van der Waals surface area contributed by atoms with Gasteiger partial charge in [0.05, 0.1) is 19.3 Å². The maximum Gasteiger partial charge on any atom is 0.243 e. The molecule has 2 rings (SSSR count). The molecule has 2 N–H and O–H groups in total. The van der Waals surface area contributed by atoms with Crippen molar-refractivity contribution in [3.8, 4) is 5.75 Å². The number of nitrogens with one attached hydrogen (secondary N) is 2. The average molecular weight is 348 g/mol. The fourth-order valence-electron chi connectivity index (χ4n) is 2.24. The third-order valence-electron chi connectivity index (χ3n) is 3.44. The highest BCUT2D eigenvalue weighted by molar-refractivity contribution is 7.90. The second-order valence-electron chi connectivity index (χ2n) is 5.33. The average Bonchev–Trinajstić information content (AvgIpc) is 2.53. The molecule has 0 aliphatic rings. The number of hydrogen-bond acceptors (Lipinski definition) is 5. The highest BCUT2D eigenvalue weighted by Gasteiger charge is 2.17. The topological polar surface area (TPSA) is 84.5 Å². The van der Waals surface area contributed by atoms with Crippen molar-refractivity contribution >= 4 is 27.1 Å². The molecule has 0 fully saturated rings. The van der Waals surface area contributed by atoms with Crippen molar-refractivity contribution in [3.05, 3.63) is 48.0 Å². The summed E-state index contributed by atoms with van der Waals surface area (Å²) in [5, 5.41) is 5.72. The van der Waals surface area contributed by atoms with Crippen LogP contribution in [0.25, 0.3) is 0 Å². The fourth-order valence-corrected chi connectivity index (χ4v) is 3.10. The number of rotatable bonds is 6. The van der Waals surface area contributed by atoms with Crippen molar-refractivity contribution in [2.24, 2.45) is 0 Å². The van der Waals surface area contributed by atoms with E-state index >= 15 is 0 Å². The van der Waals surface area contributed by atoms with Crippen molar-refractivity contribution in [2.75, 3.05) is 30.5 Å². The van der Waals surface area contributed by atoms with Gasteiger partial charge in [0.2, 0.25) is 5.91 Å². The first-order valence-corrected chi connectivity index (χ1v) is 9.18. The smallest absolute Gasteiger partial charge is 0.243 e. The molecule has 0 atom stereocenters. The Labute approximate surface area is 141 Å². The molecule has 6 nitrogen and oxygen atoms in total. The first-order chi connectivity index (χ1) is 11.3. The van der Waals surface area contributed by atoms with Gasteiger partial charge in [0.25, 0.3) is 0 Å². The van der Waals surface area contributed by atoms with Gasteiger partial charge in [-0.2, -0.15) is 0 Å². The lowest BCUT2D eigenvalue weighted by Gasteiger charge is -2.14. The van der Waals surface area contributed by atoms with Gasteiger partial charge in [0.15, 0.2) is 15.6 Å². The number of ether oxygens (including phenoxy) is 1. The maximum absolute atomic E-state index is 12.1. The van der Waals surface area contributed by atoms with Gasteiger partial charge in [-0.25, -0.2) is 8.42 Å². The van der Waals surface area contributed by atoms with Gasteiger partial charge in [0.1, 0.15) is 4.90 Å². The van der Waals surface area contributed by atoms with E-state index in [1.807, 2.05) is 31.2 Å². The highest BCUT2D eigenvalue weighted by atomic mass is 32.2. The monoisotopic (exact) mass is 348 g/mol. The summed E-state index contributed by atoms with van der Waals surface area (Å²) in [6.07, 6.45) is 1.11. The molecule has 0 saturated heterocycles. The van der Waals surface area contributed by atoms with E-state index in [4.69, 9.17) is 4.74 Å². The summed E-state index contributed by atoms with van der Waals surface area (Å²) < 4.78 is 28.8. The minimum absolute atomic E-state index is 0.0160. The number of anilines is 2. The molecule has 0 aromatic heterocycles. The summed E-state index contributed by atoms with van der Waals surface area (Å²) in [7, 11) is -2.03. The van der Waals surface area contributed by atoms with Gasteiger partial charge in [-0.15, -0.1) is 0 Å². The van der Waals surface area contributed by atoms with E-state index in [1.165, 1.54) is 13.2 Å². The van der Waals surface area contributed by atoms with Gasteiger partial charge >= 0.3 is 0 Å². The van der Waals surface area contributed by atoms with Crippen LogP contribution in [0.2, 0.25) is 0 Å². The molecule has 0 bridgehead atoms. The van der Waals surface area contributed by atoms with Crippen LogP contribution in [0, 0.1) is 6.92 Å². The molecule has 24 heavy (non-hydrogen) atoms. The largest absolute Gasteiger partial charge is 0.493 e.